The van der Waals surface area contributed by atoms with E-state index in [1.807, 2.05) is 18.2 Å². The predicted molar refractivity (Wildman–Crippen MR) is 82.3 cm³/mol. The molecule has 0 heterocycles. The molecule has 1 aromatic rings. The fourth-order valence-corrected chi connectivity index (χ4v) is 2.12. The summed E-state index contributed by atoms with van der Waals surface area (Å²) in [7, 11) is 3.19. The van der Waals surface area contributed by atoms with Crippen molar-refractivity contribution in [1.82, 2.24) is 5.32 Å². The molecule has 122 valence electrons. The highest BCUT2D eigenvalue weighted by atomic mass is 16.5. The number of hydrogen-bond donors (Lipinski definition) is 2. The highest BCUT2D eigenvalue weighted by molar-refractivity contribution is 5.83. The van der Waals surface area contributed by atoms with Crippen molar-refractivity contribution >= 4 is 11.9 Å². The van der Waals surface area contributed by atoms with E-state index in [0.29, 0.717) is 19.3 Å². The van der Waals surface area contributed by atoms with Gasteiger partial charge in [0.15, 0.2) is 0 Å². The maximum absolute atomic E-state index is 11.8. The van der Waals surface area contributed by atoms with E-state index in [0.717, 1.165) is 17.1 Å². The lowest BCUT2D eigenvalue weighted by atomic mass is 10.1. The summed E-state index contributed by atoms with van der Waals surface area (Å²) in [5.74, 6) is 0.219. The Morgan fingerprint density at radius 2 is 2.00 bits per heavy atom. The second kappa shape index (κ2) is 8.92. The van der Waals surface area contributed by atoms with E-state index in [4.69, 9.17) is 14.6 Å². The fourth-order valence-electron chi connectivity index (χ4n) is 2.12. The third kappa shape index (κ3) is 5.27. The first-order valence-corrected chi connectivity index (χ1v) is 7.24. The lowest BCUT2D eigenvalue weighted by Gasteiger charge is -2.13. The van der Waals surface area contributed by atoms with Crippen molar-refractivity contribution in [3.05, 3.63) is 23.8 Å². The maximum atomic E-state index is 11.8. The summed E-state index contributed by atoms with van der Waals surface area (Å²) < 4.78 is 10.5. The van der Waals surface area contributed by atoms with Gasteiger partial charge < -0.3 is 19.9 Å². The first-order valence-electron chi connectivity index (χ1n) is 7.24. The monoisotopic (exact) mass is 309 g/mol. The van der Waals surface area contributed by atoms with E-state index >= 15 is 0 Å². The quantitative estimate of drug-likeness (QED) is 0.729. The van der Waals surface area contributed by atoms with Crippen LogP contribution in [0.1, 0.15) is 31.7 Å². The fraction of sp³-hybridized carbons (Fsp3) is 0.500. The Balaban J connectivity index is 2.53. The molecule has 22 heavy (non-hydrogen) atoms. The molecule has 2 N–H and O–H groups in total. The molecule has 6 nitrogen and oxygen atoms in total. The number of nitrogens with one attached hydrogen (secondary N) is 1. The topological polar surface area (TPSA) is 84.9 Å². The first kappa shape index (κ1) is 17.8. The van der Waals surface area contributed by atoms with Crippen LogP contribution in [-0.4, -0.2) is 37.2 Å². The van der Waals surface area contributed by atoms with Crippen LogP contribution in [0, 0.1) is 0 Å². The molecule has 0 spiro atoms. The Hall–Kier alpha value is -2.24. The molecule has 6 heteroatoms. The van der Waals surface area contributed by atoms with Crippen LogP contribution >= 0.6 is 0 Å². The molecule has 1 rings (SSSR count). The zero-order valence-electron chi connectivity index (χ0n) is 13.2. The number of aryl methyl sites for hydroxylation is 1. The number of carbonyl (C=O) groups is 2. The number of carbonyl (C=O) groups excluding carboxylic acids is 1. The van der Waals surface area contributed by atoms with Crippen LogP contribution in [0.25, 0.3) is 0 Å². The minimum Gasteiger partial charge on any atom is -0.497 e. The number of methoxy groups -OCH3 is 2. The smallest absolute Gasteiger partial charge is 0.326 e. The third-order valence-corrected chi connectivity index (χ3v) is 3.38. The number of carboxylic acids is 1. The summed E-state index contributed by atoms with van der Waals surface area (Å²) in [5, 5.41) is 11.4. The number of benzene rings is 1. The summed E-state index contributed by atoms with van der Waals surface area (Å²) in [5.41, 5.74) is 0.958. The van der Waals surface area contributed by atoms with E-state index in [2.05, 4.69) is 5.32 Å². The first-order chi connectivity index (χ1) is 10.5. The van der Waals surface area contributed by atoms with Crippen molar-refractivity contribution in [3.8, 4) is 11.5 Å². The number of carboxylic acid groups (broad SMARTS) is 1. The van der Waals surface area contributed by atoms with Gasteiger partial charge >= 0.3 is 5.97 Å². The molecule has 0 bridgehead atoms. The molecule has 0 aromatic heterocycles. The number of aliphatic carboxylic acids is 1. The summed E-state index contributed by atoms with van der Waals surface area (Å²) in [6.45, 7) is 1.72. The Kier molecular flexibility index (Phi) is 7.22. The zero-order chi connectivity index (χ0) is 16.5. The van der Waals surface area contributed by atoms with Gasteiger partial charge in [-0.3, -0.25) is 4.79 Å². The van der Waals surface area contributed by atoms with Gasteiger partial charge in [-0.1, -0.05) is 6.92 Å². The summed E-state index contributed by atoms with van der Waals surface area (Å²) in [4.78, 5) is 22.6. The average molecular weight is 309 g/mol. The molecular weight excluding hydrogens is 286 g/mol. The second-order valence-electron chi connectivity index (χ2n) is 4.90. The van der Waals surface area contributed by atoms with E-state index < -0.39 is 12.0 Å². The van der Waals surface area contributed by atoms with Crippen molar-refractivity contribution in [2.24, 2.45) is 0 Å². The third-order valence-electron chi connectivity index (χ3n) is 3.38. The Morgan fingerprint density at radius 1 is 1.27 bits per heavy atom. The van der Waals surface area contributed by atoms with Crippen LogP contribution in [0.3, 0.4) is 0 Å². The van der Waals surface area contributed by atoms with Gasteiger partial charge in [-0.05, 0) is 43.0 Å². The Morgan fingerprint density at radius 3 is 2.55 bits per heavy atom. The Labute approximate surface area is 130 Å². The summed E-state index contributed by atoms with van der Waals surface area (Å²) in [6.07, 6.45) is 1.89. The summed E-state index contributed by atoms with van der Waals surface area (Å²) >= 11 is 0. The minimum absolute atomic E-state index is 0.254. The second-order valence-corrected chi connectivity index (χ2v) is 4.90. The van der Waals surface area contributed by atoms with Crippen LogP contribution in [0.4, 0.5) is 0 Å². The maximum Gasteiger partial charge on any atom is 0.326 e. The number of amides is 1. The molecule has 0 fully saturated rings. The lowest BCUT2D eigenvalue weighted by Crippen LogP contribution is -2.40. The summed E-state index contributed by atoms with van der Waals surface area (Å²) in [6, 6.07) is 4.70. The van der Waals surface area contributed by atoms with Gasteiger partial charge in [-0.25, -0.2) is 4.79 Å². The van der Waals surface area contributed by atoms with Crippen molar-refractivity contribution < 1.29 is 24.2 Å². The molecule has 0 radical (unpaired) electrons. The molecule has 1 atom stereocenters. The standard InChI is InChI=1S/C16H23NO5/c1-4-13(16(19)20)17-15(18)7-5-6-11-10-12(21-2)8-9-14(11)22-3/h8-10,13H,4-7H2,1-3H3,(H,17,18)(H,19,20). The van der Waals surface area contributed by atoms with Gasteiger partial charge in [0.05, 0.1) is 14.2 Å². The van der Waals surface area contributed by atoms with Crippen LogP contribution in [0.5, 0.6) is 11.5 Å². The van der Waals surface area contributed by atoms with Gasteiger partial charge in [0.2, 0.25) is 5.91 Å². The van der Waals surface area contributed by atoms with Crippen molar-refractivity contribution in [3.63, 3.8) is 0 Å². The molecule has 0 aliphatic carbocycles. The molecule has 0 saturated carbocycles. The highest BCUT2D eigenvalue weighted by Gasteiger charge is 2.17. The van der Waals surface area contributed by atoms with Crippen molar-refractivity contribution in [2.45, 2.75) is 38.6 Å². The van der Waals surface area contributed by atoms with E-state index in [-0.39, 0.29) is 12.3 Å². The highest BCUT2D eigenvalue weighted by Crippen LogP contribution is 2.25. The molecule has 1 aromatic carbocycles. The minimum atomic E-state index is -1.01. The van der Waals surface area contributed by atoms with Gasteiger partial charge in [0.1, 0.15) is 17.5 Å². The molecular formula is C16H23NO5. The SMILES string of the molecule is CCC(NC(=O)CCCc1cc(OC)ccc1OC)C(=O)O. The van der Waals surface area contributed by atoms with Gasteiger partial charge in [-0.2, -0.15) is 0 Å². The van der Waals surface area contributed by atoms with Gasteiger partial charge in [0.25, 0.3) is 0 Å². The Bertz CT molecular complexity index is 515. The van der Waals surface area contributed by atoms with Crippen molar-refractivity contribution in [1.29, 1.82) is 0 Å². The van der Waals surface area contributed by atoms with E-state index in [9.17, 15) is 9.59 Å². The van der Waals surface area contributed by atoms with Crippen molar-refractivity contribution in [2.75, 3.05) is 14.2 Å². The number of rotatable bonds is 9. The molecule has 1 unspecified atom stereocenters. The number of hydrogen-bond acceptors (Lipinski definition) is 4. The van der Waals surface area contributed by atoms with Gasteiger partial charge in [0, 0.05) is 6.42 Å². The average Bonchev–Trinajstić information content (AvgIpc) is 2.52. The molecule has 0 aliphatic heterocycles. The zero-order valence-corrected chi connectivity index (χ0v) is 13.2. The molecule has 1 amide bonds. The predicted octanol–water partition coefficient (Wildman–Crippen LogP) is 2.01. The normalized spacial score (nSPS) is 11.6. The lowest BCUT2D eigenvalue weighted by molar-refractivity contribution is -0.141. The largest absolute Gasteiger partial charge is 0.497 e. The van der Waals surface area contributed by atoms with E-state index in [1.54, 1.807) is 21.1 Å². The van der Waals surface area contributed by atoms with E-state index in [1.165, 1.54) is 0 Å². The van der Waals surface area contributed by atoms with Crippen LogP contribution in [0.15, 0.2) is 18.2 Å². The molecule has 0 saturated heterocycles. The van der Waals surface area contributed by atoms with Crippen LogP contribution < -0.4 is 14.8 Å². The molecule has 0 aliphatic rings. The van der Waals surface area contributed by atoms with Crippen LogP contribution in [-0.2, 0) is 16.0 Å². The van der Waals surface area contributed by atoms with Crippen LogP contribution in [0.2, 0.25) is 0 Å². The number of ether oxygens (including phenoxy) is 2. The van der Waals surface area contributed by atoms with Gasteiger partial charge in [-0.15, -0.1) is 0 Å².